The normalized spacial score (nSPS) is 17.5. The molecule has 0 amide bonds. The fourth-order valence-corrected chi connectivity index (χ4v) is 5.39. The maximum atomic E-state index is 15.0. The van der Waals surface area contributed by atoms with Crippen LogP contribution in [-0.2, 0) is 12.8 Å². The van der Waals surface area contributed by atoms with Crippen molar-refractivity contribution in [3.05, 3.63) is 88.5 Å². The molecule has 1 aliphatic rings. The second kappa shape index (κ2) is 13.3. The van der Waals surface area contributed by atoms with E-state index in [0.717, 1.165) is 56.9 Å². The highest BCUT2D eigenvalue weighted by Gasteiger charge is 2.25. The third kappa shape index (κ3) is 6.78. The van der Waals surface area contributed by atoms with Gasteiger partial charge in [0.2, 0.25) is 5.82 Å². The minimum Gasteiger partial charge on any atom is -0.490 e. The lowest BCUT2D eigenvalue weighted by Crippen LogP contribution is -2.13. The van der Waals surface area contributed by atoms with Crippen LogP contribution in [0.25, 0.3) is 11.1 Å². The van der Waals surface area contributed by atoms with Crippen molar-refractivity contribution < 1.29 is 22.3 Å². The van der Waals surface area contributed by atoms with Gasteiger partial charge in [-0.25, -0.2) is 13.2 Å². The van der Waals surface area contributed by atoms with Crippen LogP contribution in [0.3, 0.4) is 0 Å². The van der Waals surface area contributed by atoms with E-state index < -0.39 is 23.3 Å². The zero-order valence-electron chi connectivity index (χ0n) is 22.5. The summed E-state index contributed by atoms with van der Waals surface area (Å²) in [6.45, 7) is 4.69. The van der Waals surface area contributed by atoms with Crippen molar-refractivity contribution in [3.63, 3.8) is 0 Å². The van der Waals surface area contributed by atoms with Gasteiger partial charge in [0.05, 0.1) is 6.61 Å². The highest BCUT2D eigenvalue weighted by atomic mass is 19.2. The Morgan fingerprint density at radius 2 is 1.45 bits per heavy atom. The van der Waals surface area contributed by atoms with Gasteiger partial charge < -0.3 is 4.74 Å². The average molecular weight is 527 g/mol. The molecule has 0 aliphatic heterocycles. The summed E-state index contributed by atoms with van der Waals surface area (Å²) < 4.78 is 64.5. The molecule has 0 aromatic heterocycles. The van der Waals surface area contributed by atoms with Gasteiger partial charge in [-0.2, -0.15) is 4.39 Å². The number of hydrogen-bond acceptors (Lipinski definition) is 1. The Kier molecular flexibility index (Phi) is 9.87. The number of ether oxygens (including phenoxy) is 1. The van der Waals surface area contributed by atoms with E-state index in [2.05, 4.69) is 13.8 Å². The molecular weight excluding hydrogens is 488 g/mol. The van der Waals surface area contributed by atoms with E-state index in [1.54, 1.807) is 30.3 Å². The zero-order chi connectivity index (χ0) is 27.1. The van der Waals surface area contributed by atoms with Gasteiger partial charge in [-0.1, -0.05) is 88.4 Å². The Morgan fingerprint density at radius 3 is 2.16 bits per heavy atom. The molecule has 0 atom stereocenters. The fraction of sp³-hybridized carbons (Fsp3) is 0.455. The quantitative estimate of drug-likeness (QED) is 0.178. The van der Waals surface area contributed by atoms with Gasteiger partial charge in [0.25, 0.3) is 0 Å². The van der Waals surface area contributed by atoms with E-state index in [0.29, 0.717) is 36.5 Å². The molecule has 0 N–H and O–H groups in total. The molecule has 38 heavy (non-hydrogen) atoms. The largest absolute Gasteiger partial charge is 0.490 e. The second-order valence-corrected chi connectivity index (χ2v) is 10.7. The SMILES string of the molecule is CCCCCCOc1ccc(CCc2ccc(-c3ccc(C4CCC(C)CC4)c(F)c3F)cc2)c(F)c1F. The van der Waals surface area contributed by atoms with Crippen LogP contribution in [0.15, 0.2) is 48.5 Å². The number of aryl methyl sites for hydroxylation is 2. The minimum atomic E-state index is -0.947. The van der Waals surface area contributed by atoms with Crippen molar-refractivity contribution in [1.29, 1.82) is 0 Å². The summed E-state index contributed by atoms with van der Waals surface area (Å²) in [6, 6.07) is 13.6. The molecule has 3 aromatic rings. The molecule has 0 radical (unpaired) electrons. The topological polar surface area (TPSA) is 9.23 Å². The number of benzene rings is 3. The third-order valence-electron chi connectivity index (χ3n) is 7.90. The first-order chi connectivity index (χ1) is 18.4. The molecule has 204 valence electrons. The van der Waals surface area contributed by atoms with E-state index in [1.165, 1.54) is 6.07 Å². The van der Waals surface area contributed by atoms with Crippen molar-refractivity contribution in [1.82, 2.24) is 0 Å². The summed E-state index contributed by atoms with van der Waals surface area (Å²) in [6.07, 6.45) is 8.69. The van der Waals surface area contributed by atoms with Crippen LogP contribution in [0.2, 0.25) is 0 Å². The summed E-state index contributed by atoms with van der Waals surface area (Å²) in [5, 5.41) is 0. The third-order valence-corrected chi connectivity index (χ3v) is 7.90. The van der Waals surface area contributed by atoms with Crippen molar-refractivity contribution in [2.75, 3.05) is 6.61 Å². The van der Waals surface area contributed by atoms with Gasteiger partial charge in [0.15, 0.2) is 23.2 Å². The van der Waals surface area contributed by atoms with E-state index in [9.17, 15) is 13.2 Å². The van der Waals surface area contributed by atoms with Gasteiger partial charge in [0, 0.05) is 5.56 Å². The molecule has 1 aliphatic carbocycles. The summed E-state index contributed by atoms with van der Waals surface area (Å²) in [5.74, 6) is -2.70. The average Bonchev–Trinajstić information content (AvgIpc) is 2.93. The minimum absolute atomic E-state index is 0.0505. The second-order valence-electron chi connectivity index (χ2n) is 10.7. The van der Waals surface area contributed by atoms with E-state index in [4.69, 9.17) is 4.74 Å². The van der Waals surface area contributed by atoms with Crippen LogP contribution in [0.4, 0.5) is 17.6 Å². The number of rotatable bonds is 11. The smallest absolute Gasteiger partial charge is 0.200 e. The molecule has 0 spiro atoms. The van der Waals surface area contributed by atoms with E-state index in [1.807, 2.05) is 12.1 Å². The first-order valence-electron chi connectivity index (χ1n) is 14.1. The lowest BCUT2D eigenvalue weighted by molar-refractivity contribution is 0.284. The molecule has 0 heterocycles. The van der Waals surface area contributed by atoms with Crippen LogP contribution in [0.5, 0.6) is 5.75 Å². The van der Waals surface area contributed by atoms with Crippen molar-refractivity contribution in [2.45, 2.75) is 84.0 Å². The molecule has 3 aromatic carbocycles. The molecule has 0 bridgehead atoms. The van der Waals surface area contributed by atoms with Gasteiger partial charge in [0.1, 0.15) is 0 Å². The van der Waals surface area contributed by atoms with Gasteiger partial charge >= 0.3 is 0 Å². The Morgan fingerprint density at radius 1 is 0.711 bits per heavy atom. The monoisotopic (exact) mass is 526 g/mol. The van der Waals surface area contributed by atoms with Gasteiger partial charge in [-0.15, -0.1) is 0 Å². The molecule has 0 saturated heterocycles. The maximum Gasteiger partial charge on any atom is 0.200 e. The molecule has 5 heteroatoms. The van der Waals surface area contributed by atoms with Crippen molar-refractivity contribution in [3.8, 4) is 16.9 Å². The molecule has 1 nitrogen and oxygen atoms in total. The standard InChI is InChI=1S/C33H38F4O/c1-3-4-5-6-21-38-29-20-17-26(30(34)33(29)37)16-11-23-9-14-25(15-10-23)28-19-18-27(31(35)32(28)36)24-12-7-22(2)8-13-24/h9-10,14-15,17-20,22,24H,3-8,11-13,16,21H2,1-2H3. The van der Waals surface area contributed by atoms with E-state index in [-0.39, 0.29) is 22.8 Å². The van der Waals surface area contributed by atoms with Crippen LogP contribution in [0.1, 0.15) is 87.8 Å². The van der Waals surface area contributed by atoms with Crippen LogP contribution < -0.4 is 4.74 Å². The zero-order valence-corrected chi connectivity index (χ0v) is 22.5. The predicted molar refractivity (Wildman–Crippen MR) is 146 cm³/mol. The molecule has 1 saturated carbocycles. The Balaban J connectivity index is 1.37. The Hall–Kier alpha value is -2.82. The highest BCUT2D eigenvalue weighted by molar-refractivity contribution is 5.65. The summed E-state index contributed by atoms with van der Waals surface area (Å²) >= 11 is 0. The summed E-state index contributed by atoms with van der Waals surface area (Å²) in [5.41, 5.74) is 2.49. The first kappa shape index (κ1) is 28.2. The predicted octanol–water partition coefficient (Wildman–Crippen LogP) is 9.95. The number of unbranched alkanes of at least 4 members (excludes halogenated alkanes) is 3. The lowest BCUT2D eigenvalue weighted by Gasteiger charge is -2.27. The van der Waals surface area contributed by atoms with Gasteiger partial charge in [-0.3, -0.25) is 0 Å². The highest BCUT2D eigenvalue weighted by Crippen LogP contribution is 2.38. The van der Waals surface area contributed by atoms with Gasteiger partial charge in [-0.05, 0) is 72.3 Å². The van der Waals surface area contributed by atoms with Crippen molar-refractivity contribution >= 4 is 0 Å². The maximum absolute atomic E-state index is 15.0. The Bertz CT molecular complexity index is 1200. The summed E-state index contributed by atoms with van der Waals surface area (Å²) in [7, 11) is 0. The Labute approximate surface area is 224 Å². The first-order valence-corrected chi connectivity index (χ1v) is 14.1. The molecule has 1 fully saturated rings. The van der Waals surface area contributed by atoms with Crippen molar-refractivity contribution in [2.24, 2.45) is 5.92 Å². The molecule has 4 rings (SSSR count). The van der Waals surface area contributed by atoms with E-state index >= 15 is 4.39 Å². The fourth-order valence-electron chi connectivity index (χ4n) is 5.39. The van der Waals surface area contributed by atoms with Crippen LogP contribution in [0, 0.1) is 29.2 Å². The number of hydrogen-bond donors (Lipinski definition) is 0. The van der Waals surface area contributed by atoms with Crippen LogP contribution >= 0.6 is 0 Å². The number of halogens is 4. The van der Waals surface area contributed by atoms with Crippen LogP contribution in [-0.4, -0.2) is 6.61 Å². The molecule has 0 unspecified atom stereocenters. The summed E-state index contributed by atoms with van der Waals surface area (Å²) in [4.78, 5) is 0. The lowest BCUT2D eigenvalue weighted by atomic mass is 9.79. The molecular formula is C33H38F4O.